The summed E-state index contributed by atoms with van der Waals surface area (Å²) in [4.78, 5) is 0. The van der Waals surface area contributed by atoms with Gasteiger partial charge < -0.3 is 10.1 Å². The Bertz CT molecular complexity index is 628. The van der Waals surface area contributed by atoms with Crippen LogP contribution in [0.25, 0.3) is 0 Å². The van der Waals surface area contributed by atoms with E-state index < -0.39 is 0 Å². The lowest BCUT2D eigenvalue weighted by atomic mass is 10.2. The van der Waals surface area contributed by atoms with Gasteiger partial charge in [-0.05, 0) is 40.9 Å². The van der Waals surface area contributed by atoms with Crippen molar-refractivity contribution >= 4 is 27.5 Å². The van der Waals surface area contributed by atoms with E-state index >= 15 is 0 Å². The molecular weight excluding hydrogens is 350 g/mol. The van der Waals surface area contributed by atoms with Gasteiger partial charge in [0.25, 0.3) is 0 Å². The molecule has 3 rings (SSSR count). The lowest BCUT2D eigenvalue weighted by Crippen LogP contribution is -2.16. The van der Waals surface area contributed by atoms with Crippen molar-refractivity contribution in [3.05, 3.63) is 63.1 Å². The van der Waals surface area contributed by atoms with Gasteiger partial charge in [-0.3, -0.25) is 0 Å². The van der Waals surface area contributed by atoms with Gasteiger partial charge in [0.15, 0.2) is 0 Å². The van der Waals surface area contributed by atoms with Crippen LogP contribution in [0.2, 0.25) is 5.02 Å². The summed E-state index contributed by atoms with van der Waals surface area (Å²) >= 11 is 9.75. The van der Waals surface area contributed by atoms with Gasteiger partial charge in [0.2, 0.25) is 0 Å². The summed E-state index contributed by atoms with van der Waals surface area (Å²) in [6.45, 7) is 1.31. The number of hydrogen-bond acceptors (Lipinski definition) is 2. The van der Waals surface area contributed by atoms with Crippen molar-refractivity contribution in [2.75, 3.05) is 0 Å². The van der Waals surface area contributed by atoms with Gasteiger partial charge in [0, 0.05) is 28.7 Å². The molecule has 0 atom stereocenters. The normalized spacial score (nSPS) is 14.2. The SMILES string of the molecule is Clc1ccccc1COc1c(Br)cccc1CNC1CC1. The van der Waals surface area contributed by atoms with Gasteiger partial charge in [-0.1, -0.05) is 41.9 Å². The average Bonchev–Trinajstić information content (AvgIpc) is 3.30. The summed E-state index contributed by atoms with van der Waals surface area (Å²) in [6, 6.07) is 14.6. The quantitative estimate of drug-likeness (QED) is 0.782. The van der Waals surface area contributed by atoms with Crippen LogP contribution < -0.4 is 10.1 Å². The molecule has 0 saturated heterocycles. The van der Waals surface area contributed by atoms with Crippen LogP contribution in [-0.4, -0.2) is 6.04 Å². The fourth-order valence-corrected chi connectivity index (χ4v) is 2.87. The lowest BCUT2D eigenvalue weighted by Gasteiger charge is -2.14. The van der Waals surface area contributed by atoms with Crippen molar-refractivity contribution in [1.82, 2.24) is 5.32 Å². The predicted octanol–water partition coefficient (Wildman–Crippen LogP) is 4.93. The first-order chi connectivity index (χ1) is 10.2. The molecule has 1 aliphatic carbocycles. The van der Waals surface area contributed by atoms with E-state index in [1.807, 2.05) is 36.4 Å². The molecule has 1 saturated carbocycles. The Labute approximate surface area is 138 Å². The van der Waals surface area contributed by atoms with E-state index in [2.05, 4.69) is 27.3 Å². The predicted molar refractivity (Wildman–Crippen MR) is 89.8 cm³/mol. The molecule has 0 heterocycles. The number of hydrogen-bond donors (Lipinski definition) is 1. The zero-order chi connectivity index (χ0) is 14.7. The first-order valence-electron chi connectivity index (χ1n) is 7.11. The number of rotatable bonds is 6. The van der Waals surface area contributed by atoms with Crippen LogP contribution in [0.5, 0.6) is 5.75 Å². The third-order valence-corrected chi connectivity index (χ3v) is 4.53. The maximum Gasteiger partial charge on any atom is 0.138 e. The highest BCUT2D eigenvalue weighted by atomic mass is 79.9. The molecule has 2 aromatic rings. The minimum atomic E-state index is 0.471. The molecule has 1 fully saturated rings. The Kier molecular flexibility index (Phi) is 4.84. The lowest BCUT2D eigenvalue weighted by molar-refractivity contribution is 0.300. The largest absolute Gasteiger partial charge is 0.487 e. The summed E-state index contributed by atoms with van der Waals surface area (Å²) in [7, 11) is 0. The van der Waals surface area contributed by atoms with E-state index in [9.17, 15) is 0 Å². The Morgan fingerprint density at radius 2 is 1.86 bits per heavy atom. The number of ether oxygens (including phenoxy) is 1. The van der Waals surface area contributed by atoms with Gasteiger partial charge in [0.05, 0.1) is 4.47 Å². The highest BCUT2D eigenvalue weighted by Crippen LogP contribution is 2.31. The minimum Gasteiger partial charge on any atom is -0.487 e. The molecule has 21 heavy (non-hydrogen) atoms. The molecule has 4 heteroatoms. The highest BCUT2D eigenvalue weighted by Gasteiger charge is 2.21. The Morgan fingerprint density at radius 1 is 1.10 bits per heavy atom. The molecule has 2 aromatic carbocycles. The summed E-state index contributed by atoms with van der Waals surface area (Å²) in [6.07, 6.45) is 2.56. The first kappa shape index (κ1) is 14.9. The summed E-state index contributed by atoms with van der Waals surface area (Å²) in [5.74, 6) is 0.894. The second kappa shape index (κ2) is 6.82. The van der Waals surface area contributed by atoms with Crippen LogP contribution in [0, 0.1) is 0 Å². The van der Waals surface area contributed by atoms with Crippen LogP contribution in [-0.2, 0) is 13.2 Å². The zero-order valence-electron chi connectivity index (χ0n) is 11.6. The number of para-hydroxylation sites is 1. The number of nitrogens with one attached hydrogen (secondary N) is 1. The van der Waals surface area contributed by atoms with Crippen LogP contribution in [0.4, 0.5) is 0 Å². The molecule has 0 amide bonds. The molecular formula is C17H17BrClNO. The van der Waals surface area contributed by atoms with E-state index in [1.165, 1.54) is 18.4 Å². The van der Waals surface area contributed by atoms with Crippen molar-refractivity contribution in [3.8, 4) is 5.75 Å². The standard InChI is InChI=1S/C17H17BrClNO/c18-15-6-3-5-12(10-20-14-8-9-14)17(15)21-11-13-4-1-2-7-16(13)19/h1-7,14,20H,8-11H2. The highest BCUT2D eigenvalue weighted by molar-refractivity contribution is 9.10. The molecule has 1 aliphatic rings. The van der Waals surface area contributed by atoms with Crippen molar-refractivity contribution in [1.29, 1.82) is 0 Å². The fraction of sp³-hybridized carbons (Fsp3) is 0.294. The Morgan fingerprint density at radius 3 is 2.62 bits per heavy atom. The second-order valence-corrected chi connectivity index (χ2v) is 6.52. The molecule has 2 nitrogen and oxygen atoms in total. The zero-order valence-corrected chi connectivity index (χ0v) is 14.0. The minimum absolute atomic E-state index is 0.471. The monoisotopic (exact) mass is 365 g/mol. The molecule has 0 unspecified atom stereocenters. The molecule has 1 N–H and O–H groups in total. The van der Waals surface area contributed by atoms with Crippen LogP contribution in [0.3, 0.4) is 0 Å². The third kappa shape index (κ3) is 4.00. The maximum absolute atomic E-state index is 6.18. The molecule has 0 spiro atoms. The van der Waals surface area contributed by atoms with E-state index in [4.69, 9.17) is 16.3 Å². The molecule has 0 aromatic heterocycles. The Balaban J connectivity index is 1.72. The van der Waals surface area contributed by atoms with E-state index in [0.29, 0.717) is 12.6 Å². The topological polar surface area (TPSA) is 21.3 Å². The molecule has 0 aliphatic heterocycles. The maximum atomic E-state index is 6.18. The fourth-order valence-electron chi connectivity index (χ4n) is 2.16. The van der Waals surface area contributed by atoms with Crippen molar-refractivity contribution in [3.63, 3.8) is 0 Å². The van der Waals surface area contributed by atoms with Crippen molar-refractivity contribution in [2.24, 2.45) is 0 Å². The average molecular weight is 367 g/mol. The van der Waals surface area contributed by atoms with Gasteiger partial charge >= 0.3 is 0 Å². The van der Waals surface area contributed by atoms with Gasteiger partial charge in [-0.25, -0.2) is 0 Å². The third-order valence-electron chi connectivity index (χ3n) is 3.54. The smallest absolute Gasteiger partial charge is 0.138 e. The van der Waals surface area contributed by atoms with Gasteiger partial charge in [-0.15, -0.1) is 0 Å². The van der Waals surface area contributed by atoms with E-state index in [-0.39, 0.29) is 0 Å². The number of benzene rings is 2. The summed E-state index contributed by atoms with van der Waals surface area (Å²) in [5, 5.41) is 4.26. The summed E-state index contributed by atoms with van der Waals surface area (Å²) < 4.78 is 6.99. The Hall–Kier alpha value is -1.03. The van der Waals surface area contributed by atoms with E-state index in [0.717, 1.165) is 27.4 Å². The molecule has 0 radical (unpaired) electrons. The number of halogens is 2. The van der Waals surface area contributed by atoms with Crippen LogP contribution in [0.1, 0.15) is 24.0 Å². The van der Waals surface area contributed by atoms with Crippen molar-refractivity contribution < 1.29 is 4.74 Å². The van der Waals surface area contributed by atoms with Crippen LogP contribution >= 0.6 is 27.5 Å². The van der Waals surface area contributed by atoms with E-state index in [1.54, 1.807) is 0 Å². The first-order valence-corrected chi connectivity index (χ1v) is 8.28. The second-order valence-electron chi connectivity index (χ2n) is 5.26. The summed E-state index contributed by atoms with van der Waals surface area (Å²) in [5.41, 5.74) is 2.17. The van der Waals surface area contributed by atoms with Gasteiger partial charge in [0.1, 0.15) is 12.4 Å². The van der Waals surface area contributed by atoms with Crippen LogP contribution in [0.15, 0.2) is 46.9 Å². The molecule has 110 valence electrons. The molecule has 0 bridgehead atoms. The van der Waals surface area contributed by atoms with Crippen molar-refractivity contribution in [2.45, 2.75) is 32.0 Å². The van der Waals surface area contributed by atoms with Gasteiger partial charge in [-0.2, -0.15) is 0 Å².